The van der Waals surface area contributed by atoms with Crippen LogP contribution in [0, 0.1) is 0 Å². The van der Waals surface area contributed by atoms with Crippen molar-refractivity contribution in [3.05, 3.63) is 71.8 Å². The van der Waals surface area contributed by atoms with Crippen molar-refractivity contribution in [3.8, 4) is 0 Å². The second kappa shape index (κ2) is 7.98. The third-order valence-electron chi connectivity index (χ3n) is 3.56. The highest BCUT2D eigenvalue weighted by molar-refractivity contribution is 5.83. The Morgan fingerprint density at radius 3 is 1.70 bits per heavy atom. The summed E-state index contributed by atoms with van der Waals surface area (Å²) in [4.78, 5) is 23.9. The Kier molecular flexibility index (Phi) is 5.74. The van der Waals surface area contributed by atoms with Gasteiger partial charge in [-0.15, -0.1) is 0 Å². The Morgan fingerprint density at radius 1 is 0.826 bits per heavy atom. The van der Waals surface area contributed by atoms with Crippen molar-refractivity contribution >= 4 is 12.1 Å². The van der Waals surface area contributed by atoms with E-state index >= 15 is 0 Å². The second-order valence-electron chi connectivity index (χ2n) is 4.94. The SMILES string of the molecule is COC(=O)N[C@H](C(=O)OC)C(c1ccccc1)c1ccccc1. The largest absolute Gasteiger partial charge is 0.467 e. The molecule has 0 fully saturated rings. The molecule has 0 heterocycles. The van der Waals surface area contributed by atoms with E-state index in [-0.39, 0.29) is 5.92 Å². The number of hydrogen-bond donors (Lipinski definition) is 1. The summed E-state index contributed by atoms with van der Waals surface area (Å²) >= 11 is 0. The summed E-state index contributed by atoms with van der Waals surface area (Å²) in [6.45, 7) is 0. The monoisotopic (exact) mass is 313 g/mol. The van der Waals surface area contributed by atoms with Crippen LogP contribution in [-0.4, -0.2) is 32.3 Å². The van der Waals surface area contributed by atoms with E-state index in [2.05, 4.69) is 10.1 Å². The molecule has 23 heavy (non-hydrogen) atoms. The highest BCUT2D eigenvalue weighted by Gasteiger charge is 2.33. The van der Waals surface area contributed by atoms with Gasteiger partial charge in [-0.1, -0.05) is 60.7 Å². The molecule has 0 saturated heterocycles. The first kappa shape index (κ1) is 16.5. The maximum absolute atomic E-state index is 12.3. The minimum atomic E-state index is -0.891. The highest BCUT2D eigenvalue weighted by atomic mass is 16.5. The van der Waals surface area contributed by atoms with Gasteiger partial charge in [0.05, 0.1) is 14.2 Å². The zero-order chi connectivity index (χ0) is 16.7. The van der Waals surface area contributed by atoms with E-state index < -0.39 is 18.1 Å². The minimum Gasteiger partial charge on any atom is -0.467 e. The molecule has 0 spiro atoms. The Labute approximate surface area is 135 Å². The van der Waals surface area contributed by atoms with Crippen molar-refractivity contribution in [3.63, 3.8) is 0 Å². The van der Waals surface area contributed by atoms with Crippen LogP contribution in [0.1, 0.15) is 17.0 Å². The third-order valence-corrected chi connectivity index (χ3v) is 3.56. The van der Waals surface area contributed by atoms with Gasteiger partial charge in [0.2, 0.25) is 0 Å². The topological polar surface area (TPSA) is 64.6 Å². The van der Waals surface area contributed by atoms with Gasteiger partial charge in [0, 0.05) is 5.92 Å². The zero-order valence-corrected chi connectivity index (χ0v) is 13.1. The fourth-order valence-electron chi connectivity index (χ4n) is 2.49. The van der Waals surface area contributed by atoms with Gasteiger partial charge in [-0.05, 0) is 11.1 Å². The van der Waals surface area contributed by atoms with Gasteiger partial charge in [0.15, 0.2) is 0 Å². The predicted molar refractivity (Wildman–Crippen MR) is 86.1 cm³/mol. The molecule has 0 aliphatic rings. The number of ether oxygens (including phenoxy) is 2. The van der Waals surface area contributed by atoms with Crippen LogP contribution in [0.15, 0.2) is 60.7 Å². The molecule has 120 valence electrons. The molecule has 2 aromatic rings. The van der Waals surface area contributed by atoms with Crippen LogP contribution in [0.4, 0.5) is 4.79 Å². The molecule has 0 bridgehead atoms. The van der Waals surface area contributed by atoms with Gasteiger partial charge in [-0.2, -0.15) is 0 Å². The highest BCUT2D eigenvalue weighted by Crippen LogP contribution is 2.28. The molecule has 2 aromatic carbocycles. The van der Waals surface area contributed by atoms with E-state index in [1.54, 1.807) is 0 Å². The maximum Gasteiger partial charge on any atom is 0.407 e. The molecule has 0 saturated carbocycles. The summed E-state index contributed by atoms with van der Waals surface area (Å²) in [6.07, 6.45) is -0.683. The molecule has 5 nitrogen and oxygen atoms in total. The van der Waals surface area contributed by atoms with Crippen LogP contribution in [0.5, 0.6) is 0 Å². The van der Waals surface area contributed by atoms with Crippen molar-refractivity contribution in [1.82, 2.24) is 5.32 Å². The molecule has 0 aliphatic carbocycles. The van der Waals surface area contributed by atoms with E-state index in [4.69, 9.17) is 4.74 Å². The number of methoxy groups -OCH3 is 2. The molecular weight excluding hydrogens is 294 g/mol. The van der Waals surface area contributed by atoms with Crippen LogP contribution >= 0.6 is 0 Å². The van der Waals surface area contributed by atoms with Crippen molar-refractivity contribution in [2.24, 2.45) is 0 Å². The number of hydrogen-bond acceptors (Lipinski definition) is 4. The number of benzene rings is 2. The number of rotatable bonds is 5. The van der Waals surface area contributed by atoms with Crippen LogP contribution in [0.3, 0.4) is 0 Å². The molecular formula is C18H19NO4. The van der Waals surface area contributed by atoms with Crippen molar-refractivity contribution in [1.29, 1.82) is 0 Å². The molecule has 5 heteroatoms. The van der Waals surface area contributed by atoms with E-state index in [1.807, 2.05) is 60.7 Å². The van der Waals surface area contributed by atoms with E-state index in [9.17, 15) is 9.59 Å². The normalized spacial score (nSPS) is 11.6. The standard InChI is InChI=1S/C18H19NO4/c1-22-17(20)16(19-18(21)23-2)15(13-9-5-3-6-10-13)14-11-7-4-8-12-14/h3-12,15-16H,1-2H3,(H,19,21)/t16-/m0/s1. The lowest BCUT2D eigenvalue weighted by molar-refractivity contribution is -0.143. The average Bonchev–Trinajstić information content (AvgIpc) is 2.62. The zero-order valence-electron chi connectivity index (χ0n) is 13.1. The first-order valence-corrected chi connectivity index (χ1v) is 7.19. The molecule has 1 N–H and O–H groups in total. The Hall–Kier alpha value is -2.82. The van der Waals surface area contributed by atoms with Crippen LogP contribution in [0.25, 0.3) is 0 Å². The number of esters is 1. The Morgan fingerprint density at radius 2 is 1.30 bits per heavy atom. The number of amides is 1. The van der Waals surface area contributed by atoms with Crippen molar-refractivity contribution in [2.45, 2.75) is 12.0 Å². The fourth-order valence-corrected chi connectivity index (χ4v) is 2.49. The molecule has 0 aromatic heterocycles. The van der Waals surface area contributed by atoms with Crippen molar-refractivity contribution in [2.75, 3.05) is 14.2 Å². The quantitative estimate of drug-likeness (QED) is 0.862. The number of nitrogens with one attached hydrogen (secondary N) is 1. The first-order chi connectivity index (χ1) is 11.2. The average molecular weight is 313 g/mol. The Bertz CT molecular complexity index is 603. The maximum atomic E-state index is 12.3. The lowest BCUT2D eigenvalue weighted by atomic mass is 9.85. The predicted octanol–water partition coefficient (Wildman–Crippen LogP) is 2.72. The van der Waals surface area contributed by atoms with Gasteiger partial charge in [0.1, 0.15) is 6.04 Å². The molecule has 0 aliphatic heterocycles. The third kappa shape index (κ3) is 4.10. The second-order valence-corrected chi connectivity index (χ2v) is 4.94. The summed E-state index contributed by atoms with van der Waals surface area (Å²) in [5.74, 6) is -0.919. The number of alkyl carbamates (subject to hydrolysis) is 1. The lowest BCUT2D eigenvalue weighted by Crippen LogP contribution is -2.46. The Balaban J connectivity index is 2.48. The van der Waals surface area contributed by atoms with Crippen LogP contribution < -0.4 is 5.32 Å². The first-order valence-electron chi connectivity index (χ1n) is 7.19. The molecule has 0 unspecified atom stereocenters. The molecule has 1 amide bonds. The minimum absolute atomic E-state index is 0.385. The van der Waals surface area contributed by atoms with Gasteiger partial charge >= 0.3 is 12.1 Å². The van der Waals surface area contributed by atoms with Gasteiger partial charge < -0.3 is 14.8 Å². The summed E-state index contributed by atoms with van der Waals surface area (Å²) < 4.78 is 9.51. The van der Waals surface area contributed by atoms with Crippen molar-refractivity contribution < 1.29 is 19.1 Å². The summed E-state index contributed by atoms with van der Waals surface area (Å²) in [7, 11) is 2.55. The van der Waals surface area contributed by atoms with E-state index in [1.165, 1.54) is 14.2 Å². The summed E-state index contributed by atoms with van der Waals surface area (Å²) in [5.41, 5.74) is 1.79. The smallest absolute Gasteiger partial charge is 0.407 e. The van der Waals surface area contributed by atoms with E-state index in [0.717, 1.165) is 11.1 Å². The van der Waals surface area contributed by atoms with Gasteiger partial charge in [0.25, 0.3) is 0 Å². The summed E-state index contributed by atoms with van der Waals surface area (Å²) in [5, 5.41) is 2.58. The van der Waals surface area contributed by atoms with Gasteiger partial charge in [-0.25, -0.2) is 9.59 Å². The van der Waals surface area contributed by atoms with Crippen LogP contribution in [-0.2, 0) is 14.3 Å². The number of carbonyl (C=O) groups excluding carboxylic acids is 2. The summed E-state index contributed by atoms with van der Waals surface area (Å²) in [6, 6.07) is 18.1. The molecule has 1 atom stereocenters. The number of carbonyl (C=O) groups is 2. The molecule has 2 rings (SSSR count). The van der Waals surface area contributed by atoms with E-state index in [0.29, 0.717) is 0 Å². The molecule has 0 radical (unpaired) electrons. The lowest BCUT2D eigenvalue weighted by Gasteiger charge is -2.26. The fraction of sp³-hybridized carbons (Fsp3) is 0.222. The van der Waals surface area contributed by atoms with Crippen LogP contribution in [0.2, 0.25) is 0 Å². The van der Waals surface area contributed by atoms with Gasteiger partial charge in [-0.3, -0.25) is 0 Å².